The molecule has 0 aliphatic heterocycles. The summed E-state index contributed by atoms with van der Waals surface area (Å²) in [5, 5.41) is 0. The first-order chi connectivity index (χ1) is 9.16. The molecule has 4 N–H and O–H groups in total. The second-order valence-corrected chi connectivity index (χ2v) is 7.52. The molecule has 0 spiro atoms. The van der Waals surface area contributed by atoms with E-state index in [4.69, 9.17) is 5.84 Å². The van der Waals surface area contributed by atoms with Crippen molar-refractivity contribution < 1.29 is 8.42 Å². The SMILES string of the molecule is CN(C)CC(C)(C)CNS(=O)(=O)c1ccc(NN)nc1. The van der Waals surface area contributed by atoms with Crippen LogP contribution in [0.2, 0.25) is 0 Å². The van der Waals surface area contributed by atoms with E-state index in [1.807, 2.05) is 32.8 Å². The van der Waals surface area contributed by atoms with Crippen LogP contribution in [0, 0.1) is 5.41 Å². The molecule has 0 radical (unpaired) electrons. The van der Waals surface area contributed by atoms with E-state index < -0.39 is 10.0 Å². The summed E-state index contributed by atoms with van der Waals surface area (Å²) in [4.78, 5) is 6.04. The van der Waals surface area contributed by atoms with E-state index in [0.29, 0.717) is 12.4 Å². The second-order valence-electron chi connectivity index (χ2n) is 5.75. The lowest BCUT2D eigenvalue weighted by molar-refractivity contribution is 0.242. The molecule has 0 bridgehead atoms. The van der Waals surface area contributed by atoms with Gasteiger partial charge in [0.1, 0.15) is 10.7 Å². The van der Waals surface area contributed by atoms with Gasteiger partial charge in [-0.25, -0.2) is 24.0 Å². The maximum Gasteiger partial charge on any atom is 0.242 e. The Morgan fingerprint density at radius 3 is 2.45 bits per heavy atom. The second kappa shape index (κ2) is 6.49. The summed E-state index contributed by atoms with van der Waals surface area (Å²) in [5.74, 6) is 5.60. The van der Waals surface area contributed by atoms with Gasteiger partial charge >= 0.3 is 0 Å². The number of nitrogens with one attached hydrogen (secondary N) is 2. The fourth-order valence-corrected chi connectivity index (χ4v) is 3.10. The van der Waals surface area contributed by atoms with E-state index in [9.17, 15) is 8.42 Å². The highest BCUT2D eigenvalue weighted by molar-refractivity contribution is 7.89. The van der Waals surface area contributed by atoms with E-state index in [-0.39, 0.29) is 10.3 Å². The minimum atomic E-state index is -3.55. The molecular weight excluding hydrogens is 278 g/mol. The zero-order valence-corrected chi connectivity index (χ0v) is 13.2. The van der Waals surface area contributed by atoms with Gasteiger partial charge in [-0.2, -0.15) is 0 Å². The van der Waals surface area contributed by atoms with Crippen LogP contribution in [-0.2, 0) is 10.0 Å². The molecule has 0 saturated heterocycles. The summed E-state index contributed by atoms with van der Waals surface area (Å²) in [7, 11) is 0.360. The van der Waals surface area contributed by atoms with Gasteiger partial charge in [-0.1, -0.05) is 13.8 Å². The topological polar surface area (TPSA) is 100 Å². The molecule has 20 heavy (non-hydrogen) atoms. The number of sulfonamides is 1. The minimum absolute atomic E-state index is 0.122. The van der Waals surface area contributed by atoms with E-state index >= 15 is 0 Å². The van der Waals surface area contributed by atoms with Gasteiger partial charge in [-0.05, 0) is 31.6 Å². The van der Waals surface area contributed by atoms with Crippen molar-refractivity contribution in [3.05, 3.63) is 18.3 Å². The van der Waals surface area contributed by atoms with Crippen LogP contribution in [0.3, 0.4) is 0 Å². The van der Waals surface area contributed by atoms with E-state index in [2.05, 4.69) is 15.1 Å². The van der Waals surface area contributed by atoms with Crippen molar-refractivity contribution in [2.24, 2.45) is 11.3 Å². The lowest BCUT2D eigenvalue weighted by Crippen LogP contribution is -2.39. The first-order valence-corrected chi connectivity index (χ1v) is 7.72. The number of hydrogen-bond donors (Lipinski definition) is 3. The average Bonchev–Trinajstić information content (AvgIpc) is 2.35. The zero-order chi connectivity index (χ0) is 15.4. The highest BCUT2D eigenvalue weighted by Crippen LogP contribution is 2.16. The van der Waals surface area contributed by atoms with E-state index in [1.54, 1.807) is 0 Å². The quantitative estimate of drug-likeness (QED) is 0.492. The van der Waals surface area contributed by atoms with Crippen molar-refractivity contribution in [3.8, 4) is 0 Å². The van der Waals surface area contributed by atoms with Gasteiger partial charge in [0, 0.05) is 19.3 Å². The fourth-order valence-electron chi connectivity index (χ4n) is 1.91. The van der Waals surface area contributed by atoms with Gasteiger partial charge in [0.2, 0.25) is 10.0 Å². The van der Waals surface area contributed by atoms with Crippen LogP contribution < -0.4 is 16.0 Å². The monoisotopic (exact) mass is 301 g/mol. The lowest BCUT2D eigenvalue weighted by Gasteiger charge is -2.28. The minimum Gasteiger partial charge on any atom is -0.309 e. The van der Waals surface area contributed by atoms with Gasteiger partial charge in [0.15, 0.2) is 0 Å². The van der Waals surface area contributed by atoms with E-state index in [1.165, 1.54) is 18.3 Å². The highest BCUT2D eigenvalue weighted by atomic mass is 32.2. The van der Waals surface area contributed by atoms with Gasteiger partial charge in [0.05, 0.1) is 0 Å². The summed E-state index contributed by atoms with van der Waals surface area (Å²) in [6, 6.07) is 2.98. The summed E-state index contributed by atoms with van der Waals surface area (Å²) in [6.45, 7) is 5.15. The molecule has 0 amide bonds. The standard InChI is InChI=1S/C12H23N5O2S/c1-12(2,9-17(3)4)8-15-20(18,19)10-5-6-11(16-13)14-7-10/h5-7,15H,8-9,13H2,1-4H3,(H,14,16). The predicted molar refractivity (Wildman–Crippen MR) is 79.6 cm³/mol. The molecule has 0 fully saturated rings. The maximum atomic E-state index is 12.1. The lowest BCUT2D eigenvalue weighted by atomic mass is 9.93. The molecule has 0 unspecified atom stereocenters. The molecule has 1 aromatic heterocycles. The Morgan fingerprint density at radius 1 is 1.35 bits per heavy atom. The Morgan fingerprint density at radius 2 is 2.00 bits per heavy atom. The molecule has 0 aliphatic carbocycles. The summed E-state index contributed by atoms with van der Waals surface area (Å²) >= 11 is 0. The number of rotatable bonds is 7. The Hall–Kier alpha value is -1.22. The third kappa shape index (κ3) is 5.04. The van der Waals surface area contributed by atoms with Crippen LogP contribution in [-0.4, -0.2) is 45.5 Å². The number of nitrogens with zero attached hydrogens (tertiary/aromatic N) is 2. The van der Waals surface area contributed by atoms with Crippen LogP contribution in [0.25, 0.3) is 0 Å². The predicted octanol–water partition coefficient (Wildman–Crippen LogP) is 0.233. The molecule has 0 saturated carbocycles. The van der Waals surface area contributed by atoms with Gasteiger partial charge in [-0.15, -0.1) is 0 Å². The van der Waals surface area contributed by atoms with Crippen LogP contribution in [0.5, 0.6) is 0 Å². The fraction of sp³-hybridized carbons (Fsp3) is 0.583. The summed E-state index contributed by atoms with van der Waals surface area (Å²) < 4.78 is 26.9. The Kier molecular flexibility index (Phi) is 5.46. The van der Waals surface area contributed by atoms with Crippen LogP contribution >= 0.6 is 0 Å². The van der Waals surface area contributed by atoms with Gasteiger partial charge in [-0.3, -0.25) is 0 Å². The molecule has 114 valence electrons. The molecule has 7 nitrogen and oxygen atoms in total. The first kappa shape index (κ1) is 16.8. The molecular formula is C12H23N5O2S. The molecule has 0 aromatic carbocycles. The van der Waals surface area contributed by atoms with Gasteiger partial charge in [0.25, 0.3) is 0 Å². The van der Waals surface area contributed by atoms with Crippen LogP contribution in [0.15, 0.2) is 23.2 Å². The van der Waals surface area contributed by atoms with Gasteiger partial charge < -0.3 is 10.3 Å². The summed E-state index contributed by atoms with van der Waals surface area (Å²) in [5.41, 5.74) is 2.19. The third-order valence-corrected chi connectivity index (χ3v) is 4.07. The first-order valence-electron chi connectivity index (χ1n) is 6.23. The number of nitrogens with two attached hydrogens (primary N) is 1. The summed E-state index contributed by atoms with van der Waals surface area (Å²) in [6.07, 6.45) is 1.27. The zero-order valence-electron chi connectivity index (χ0n) is 12.3. The Balaban J connectivity index is 2.74. The van der Waals surface area contributed by atoms with Crippen molar-refractivity contribution >= 4 is 15.8 Å². The molecule has 1 aromatic rings. The smallest absolute Gasteiger partial charge is 0.242 e. The highest BCUT2D eigenvalue weighted by Gasteiger charge is 2.23. The van der Waals surface area contributed by atoms with Crippen molar-refractivity contribution in [1.82, 2.24) is 14.6 Å². The van der Waals surface area contributed by atoms with E-state index in [0.717, 1.165) is 6.54 Å². The van der Waals surface area contributed by atoms with Crippen molar-refractivity contribution in [1.29, 1.82) is 0 Å². The van der Waals surface area contributed by atoms with Crippen molar-refractivity contribution in [2.75, 3.05) is 32.6 Å². The molecule has 0 aliphatic rings. The number of aromatic nitrogens is 1. The number of hydrogen-bond acceptors (Lipinski definition) is 6. The van der Waals surface area contributed by atoms with Crippen LogP contribution in [0.4, 0.5) is 5.82 Å². The Bertz CT molecular complexity index is 525. The van der Waals surface area contributed by atoms with Crippen LogP contribution in [0.1, 0.15) is 13.8 Å². The molecule has 0 atom stereocenters. The number of anilines is 1. The maximum absolute atomic E-state index is 12.1. The van der Waals surface area contributed by atoms with Crippen molar-refractivity contribution in [3.63, 3.8) is 0 Å². The molecule has 1 heterocycles. The number of nitrogen functional groups attached to an aromatic ring is 1. The number of hydrazine groups is 1. The average molecular weight is 301 g/mol. The largest absolute Gasteiger partial charge is 0.309 e. The van der Waals surface area contributed by atoms with Crippen molar-refractivity contribution in [2.45, 2.75) is 18.7 Å². The molecule has 8 heteroatoms. The Labute approximate surface area is 120 Å². The normalized spacial score (nSPS) is 12.7. The third-order valence-electron chi connectivity index (χ3n) is 2.68. The number of pyridine rings is 1. The molecule has 1 rings (SSSR count).